The van der Waals surface area contributed by atoms with Crippen LogP contribution in [0.15, 0.2) is 71.7 Å². The lowest BCUT2D eigenvalue weighted by Crippen LogP contribution is -2.21. The normalized spacial score (nSPS) is 12.7. The molecule has 5 nitrogen and oxygen atoms in total. The first-order valence-corrected chi connectivity index (χ1v) is 10.3. The molecule has 0 radical (unpaired) electrons. The zero-order valence-electron chi connectivity index (χ0n) is 17.4. The average Bonchev–Trinajstić information content (AvgIpc) is 2.81. The van der Waals surface area contributed by atoms with Crippen LogP contribution in [0.4, 0.5) is 4.39 Å². The second-order valence-corrected chi connectivity index (χ2v) is 7.83. The van der Waals surface area contributed by atoms with Crippen LogP contribution in [-0.4, -0.2) is 23.6 Å². The zero-order valence-corrected chi connectivity index (χ0v) is 17.4. The molecular weight excluding hydrogens is 409 g/mol. The molecule has 6 heteroatoms. The third-order valence-corrected chi connectivity index (χ3v) is 5.57. The lowest BCUT2D eigenvalue weighted by atomic mass is 10.0. The van der Waals surface area contributed by atoms with Gasteiger partial charge in [-0.2, -0.15) is 0 Å². The Bertz CT molecular complexity index is 1390. The van der Waals surface area contributed by atoms with E-state index < -0.39 is 0 Å². The Kier molecular flexibility index (Phi) is 4.98. The van der Waals surface area contributed by atoms with Gasteiger partial charge in [-0.1, -0.05) is 42.0 Å². The van der Waals surface area contributed by atoms with Gasteiger partial charge >= 0.3 is 0 Å². The molecule has 3 aromatic carbocycles. The summed E-state index contributed by atoms with van der Waals surface area (Å²) < 4.78 is 26.6. The maximum atomic E-state index is 13.4. The molecule has 160 valence electrons. The standard InChI is InChI=1S/C26H20FNO4/c1-16-2-6-18(7-3-16)25(29)21-15-28(14-17-4-8-19(27)9-5-17)22-13-24-23(31-10-11-32-24)12-20(22)26(21)30/h2-9,12-13,15H,10-11,14H2,1H3. The van der Waals surface area contributed by atoms with E-state index in [0.717, 1.165) is 11.1 Å². The predicted molar refractivity (Wildman–Crippen MR) is 119 cm³/mol. The molecule has 0 fully saturated rings. The van der Waals surface area contributed by atoms with E-state index in [9.17, 15) is 14.0 Å². The van der Waals surface area contributed by atoms with Gasteiger partial charge in [0.25, 0.3) is 0 Å². The lowest BCUT2D eigenvalue weighted by Gasteiger charge is -2.21. The average molecular weight is 429 g/mol. The number of nitrogens with zero attached hydrogens (tertiary/aromatic N) is 1. The maximum Gasteiger partial charge on any atom is 0.200 e. The molecule has 0 aliphatic carbocycles. The van der Waals surface area contributed by atoms with E-state index in [-0.39, 0.29) is 22.6 Å². The van der Waals surface area contributed by atoms with Gasteiger partial charge in [-0.3, -0.25) is 9.59 Å². The second kappa shape index (κ2) is 7.96. The highest BCUT2D eigenvalue weighted by atomic mass is 19.1. The van der Waals surface area contributed by atoms with Gasteiger partial charge < -0.3 is 14.0 Å². The summed E-state index contributed by atoms with van der Waals surface area (Å²) in [6.45, 7) is 3.10. The number of pyridine rings is 1. The fourth-order valence-corrected chi connectivity index (χ4v) is 3.87. The zero-order chi connectivity index (χ0) is 22.2. The smallest absolute Gasteiger partial charge is 0.200 e. The van der Waals surface area contributed by atoms with Crippen LogP contribution in [0.5, 0.6) is 11.5 Å². The first-order valence-electron chi connectivity index (χ1n) is 10.3. The Labute approximate surface area is 183 Å². The number of ketones is 1. The third kappa shape index (κ3) is 3.64. The lowest BCUT2D eigenvalue weighted by molar-refractivity contribution is 0.103. The Balaban J connectivity index is 1.70. The molecule has 0 atom stereocenters. The van der Waals surface area contributed by atoms with Gasteiger partial charge in [-0.25, -0.2) is 4.39 Å². The van der Waals surface area contributed by atoms with Gasteiger partial charge in [0, 0.05) is 24.4 Å². The number of carbonyl (C=O) groups is 1. The van der Waals surface area contributed by atoms with Gasteiger partial charge in [-0.15, -0.1) is 0 Å². The van der Waals surface area contributed by atoms with Crippen LogP contribution in [-0.2, 0) is 6.54 Å². The van der Waals surface area contributed by atoms with Crippen LogP contribution in [0.25, 0.3) is 10.9 Å². The van der Waals surface area contributed by atoms with E-state index >= 15 is 0 Å². The summed E-state index contributed by atoms with van der Waals surface area (Å²) in [4.78, 5) is 26.6. The highest BCUT2D eigenvalue weighted by Gasteiger charge is 2.21. The van der Waals surface area contributed by atoms with E-state index in [1.807, 2.05) is 23.6 Å². The van der Waals surface area contributed by atoms with Crippen LogP contribution in [0.3, 0.4) is 0 Å². The second-order valence-electron chi connectivity index (χ2n) is 7.83. The van der Waals surface area contributed by atoms with Gasteiger partial charge in [0.15, 0.2) is 17.3 Å². The molecular formula is C26H20FNO4. The molecule has 0 amide bonds. The summed E-state index contributed by atoms with van der Waals surface area (Å²) in [6, 6.07) is 16.6. The number of aromatic nitrogens is 1. The number of hydrogen-bond acceptors (Lipinski definition) is 4. The first-order chi connectivity index (χ1) is 15.5. The number of hydrogen-bond donors (Lipinski definition) is 0. The van der Waals surface area contributed by atoms with Gasteiger partial charge in [-0.05, 0) is 30.7 Å². The minimum atomic E-state index is -0.363. The van der Waals surface area contributed by atoms with Crippen molar-refractivity contribution in [1.29, 1.82) is 0 Å². The van der Waals surface area contributed by atoms with Crippen molar-refractivity contribution in [3.8, 4) is 11.5 Å². The number of carbonyl (C=O) groups excluding carboxylic acids is 1. The number of aryl methyl sites for hydroxylation is 1. The minimum Gasteiger partial charge on any atom is -0.486 e. The predicted octanol–water partition coefficient (Wildman–Crippen LogP) is 4.50. The summed E-state index contributed by atoms with van der Waals surface area (Å²) in [6.07, 6.45) is 1.58. The van der Waals surface area contributed by atoms with Crippen molar-refractivity contribution >= 4 is 16.7 Å². The molecule has 32 heavy (non-hydrogen) atoms. The monoisotopic (exact) mass is 429 g/mol. The van der Waals surface area contributed by atoms with Crippen LogP contribution in [0.2, 0.25) is 0 Å². The van der Waals surface area contributed by atoms with Gasteiger partial charge in [0.05, 0.1) is 16.5 Å². The molecule has 2 heterocycles. The van der Waals surface area contributed by atoms with Crippen molar-refractivity contribution in [1.82, 2.24) is 4.57 Å². The van der Waals surface area contributed by atoms with E-state index in [4.69, 9.17) is 9.47 Å². The fourth-order valence-electron chi connectivity index (χ4n) is 3.87. The molecule has 1 aliphatic rings. The molecule has 0 unspecified atom stereocenters. The largest absolute Gasteiger partial charge is 0.486 e. The Hall–Kier alpha value is -3.93. The van der Waals surface area contributed by atoms with E-state index in [0.29, 0.717) is 47.7 Å². The Morgan fingerprint density at radius 2 is 1.62 bits per heavy atom. The van der Waals surface area contributed by atoms with Crippen LogP contribution < -0.4 is 14.9 Å². The van der Waals surface area contributed by atoms with Crippen LogP contribution >= 0.6 is 0 Å². The molecule has 5 rings (SSSR count). The fraction of sp³-hybridized carbons (Fsp3) is 0.154. The van der Waals surface area contributed by atoms with E-state index in [1.165, 1.54) is 12.1 Å². The van der Waals surface area contributed by atoms with Gasteiger partial charge in [0.2, 0.25) is 5.43 Å². The highest BCUT2D eigenvalue weighted by molar-refractivity contribution is 6.10. The van der Waals surface area contributed by atoms with E-state index in [2.05, 4.69) is 0 Å². The Morgan fingerprint density at radius 1 is 0.969 bits per heavy atom. The Morgan fingerprint density at radius 3 is 2.31 bits per heavy atom. The third-order valence-electron chi connectivity index (χ3n) is 5.57. The first kappa shape index (κ1) is 20.0. The topological polar surface area (TPSA) is 57.5 Å². The SMILES string of the molecule is Cc1ccc(C(=O)c2cn(Cc3ccc(F)cc3)c3cc4c(cc3c2=O)OCCO4)cc1. The summed E-state index contributed by atoms with van der Waals surface area (Å²) in [7, 11) is 0. The number of ether oxygens (including phenoxy) is 2. The number of halogens is 1. The molecule has 0 N–H and O–H groups in total. The van der Waals surface area contributed by atoms with Crippen molar-refractivity contribution in [2.75, 3.05) is 13.2 Å². The molecule has 1 aromatic heterocycles. The summed E-state index contributed by atoms with van der Waals surface area (Å²) in [5, 5.41) is 0.370. The number of rotatable bonds is 4. The van der Waals surface area contributed by atoms with Crippen molar-refractivity contribution in [3.05, 3.63) is 105 Å². The van der Waals surface area contributed by atoms with Gasteiger partial charge in [0.1, 0.15) is 19.0 Å². The summed E-state index contributed by atoms with van der Waals surface area (Å²) in [5.41, 5.74) is 2.62. The number of benzene rings is 3. The van der Waals surface area contributed by atoms with Crippen molar-refractivity contribution in [2.24, 2.45) is 0 Å². The van der Waals surface area contributed by atoms with E-state index in [1.54, 1.807) is 42.6 Å². The van der Waals surface area contributed by atoms with Crippen molar-refractivity contribution in [2.45, 2.75) is 13.5 Å². The van der Waals surface area contributed by atoms with Crippen LogP contribution in [0, 0.1) is 12.7 Å². The minimum absolute atomic E-state index is 0.0696. The maximum absolute atomic E-state index is 13.4. The van der Waals surface area contributed by atoms with Crippen molar-refractivity contribution < 1.29 is 18.7 Å². The molecule has 0 saturated carbocycles. The molecule has 0 bridgehead atoms. The highest BCUT2D eigenvalue weighted by Crippen LogP contribution is 2.34. The van der Waals surface area contributed by atoms with Crippen molar-refractivity contribution in [3.63, 3.8) is 0 Å². The quantitative estimate of drug-likeness (QED) is 0.448. The van der Waals surface area contributed by atoms with Crippen LogP contribution in [0.1, 0.15) is 27.0 Å². The molecule has 0 spiro atoms. The molecule has 1 aliphatic heterocycles. The number of fused-ring (bicyclic) bond motifs is 2. The molecule has 4 aromatic rings. The molecule has 0 saturated heterocycles. The summed E-state index contributed by atoms with van der Waals surface area (Å²) >= 11 is 0. The summed E-state index contributed by atoms with van der Waals surface area (Å²) in [5.74, 6) is 0.357.